The summed E-state index contributed by atoms with van der Waals surface area (Å²) < 4.78 is 82.2. The summed E-state index contributed by atoms with van der Waals surface area (Å²) in [5.41, 5.74) is 2.64. The van der Waals surface area contributed by atoms with Crippen LogP contribution in [0.4, 0.5) is 26.3 Å². The van der Waals surface area contributed by atoms with E-state index in [1.165, 1.54) is 12.1 Å². The van der Waals surface area contributed by atoms with Crippen molar-refractivity contribution in [2.24, 2.45) is 0 Å². The number of hydrogen-bond acceptors (Lipinski definition) is 4. The molecule has 0 bridgehead atoms. The molecular weight excluding hydrogens is 728 g/mol. The summed E-state index contributed by atoms with van der Waals surface area (Å²) in [6.07, 6.45) is -1.63. The Morgan fingerprint density at radius 2 is 1.04 bits per heavy atom. The first kappa shape index (κ1) is 37.6. The average molecular weight is 765 g/mol. The molecule has 6 rings (SSSR count). The molecule has 2 saturated heterocycles. The van der Waals surface area contributed by atoms with Crippen LogP contribution in [0.3, 0.4) is 0 Å². The van der Waals surface area contributed by atoms with Crippen molar-refractivity contribution < 1.29 is 39.5 Å². The molecule has 2 aliphatic rings. The predicted octanol–water partition coefficient (Wildman–Crippen LogP) is 10.5. The zero-order valence-electron chi connectivity index (χ0n) is 26.9. The van der Waals surface area contributed by atoms with Crippen LogP contribution in [0.2, 0.25) is 0 Å². The van der Waals surface area contributed by atoms with Crippen LogP contribution in [0, 0.1) is 13.8 Å². The molecule has 0 spiro atoms. The fraction of sp³-hybridized carbons (Fsp3) is 0.389. The van der Waals surface area contributed by atoms with Crippen LogP contribution < -0.4 is 0 Å². The molecule has 0 radical (unpaired) electrons. The zero-order chi connectivity index (χ0) is 35.3. The molecule has 0 aliphatic carbocycles. The van der Waals surface area contributed by atoms with E-state index in [-0.39, 0.29) is 24.3 Å². The monoisotopic (exact) mass is 763 g/mol. The van der Waals surface area contributed by atoms with Gasteiger partial charge in [-0.15, -0.1) is 0 Å². The van der Waals surface area contributed by atoms with Gasteiger partial charge in [0.15, 0.2) is 0 Å². The molecule has 263 valence electrons. The summed E-state index contributed by atoms with van der Waals surface area (Å²) in [7, 11) is 9.59. The standard InChI is InChI=1S/C36H36F6N4.2ClH.Mn/c1-23-7-3-9-29(35(37,38)39)33(23)25-13-15-27(43-19-25)21-45-17-5-11-31(45)32-12-6-18-46(32)22-28-16-14-26(20-44-28)34-24(2)8-4-10-30(34)36(40,41)42;;;/h3-4,7-10,13-16,19-20,31-32H,5-6,11-12,17-18,21-22H2,1-2H3;2*1H;/q;;;+2/p-2/t31-,32-;;;/m1.../s1. The molecule has 4 heterocycles. The number of benzene rings is 2. The first-order valence-electron chi connectivity index (χ1n) is 15.9. The number of alkyl halides is 6. The van der Waals surface area contributed by atoms with E-state index >= 15 is 0 Å². The van der Waals surface area contributed by atoms with E-state index in [1.807, 2.05) is 12.1 Å². The van der Waals surface area contributed by atoms with E-state index in [0.717, 1.165) is 62.3 Å². The van der Waals surface area contributed by atoms with Gasteiger partial charge in [0.25, 0.3) is 0 Å². The number of aromatic nitrogens is 2. The van der Waals surface area contributed by atoms with Crippen molar-refractivity contribution in [3.05, 3.63) is 107 Å². The molecule has 0 amide bonds. The van der Waals surface area contributed by atoms with E-state index in [9.17, 15) is 26.3 Å². The average Bonchev–Trinajstić information content (AvgIpc) is 3.70. The van der Waals surface area contributed by atoms with Gasteiger partial charge in [-0.1, -0.05) is 36.4 Å². The van der Waals surface area contributed by atoms with Crippen LogP contribution >= 0.6 is 20.2 Å². The summed E-state index contributed by atoms with van der Waals surface area (Å²) in [6.45, 7) is 6.41. The molecule has 2 atom stereocenters. The van der Waals surface area contributed by atoms with E-state index < -0.39 is 23.5 Å². The number of aryl methyl sites for hydroxylation is 2. The van der Waals surface area contributed by atoms with Gasteiger partial charge >= 0.3 is 45.7 Å². The summed E-state index contributed by atoms with van der Waals surface area (Å²) in [4.78, 5) is 14.0. The first-order valence-corrected chi connectivity index (χ1v) is 19.2. The van der Waals surface area contributed by atoms with Gasteiger partial charge in [0.05, 0.1) is 22.5 Å². The Morgan fingerprint density at radius 3 is 1.37 bits per heavy atom. The summed E-state index contributed by atoms with van der Waals surface area (Å²) in [5.74, 6) is 0. The van der Waals surface area contributed by atoms with Crippen LogP contribution in [0.1, 0.15) is 59.3 Å². The second kappa shape index (κ2) is 16.1. The Hall–Kier alpha value is -2.66. The Bertz CT molecular complexity index is 1580. The van der Waals surface area contributed by atoms with Gasteiger partial charge in [-0.05, 0) is 99.1 Å². The third-order valence-electron chi connectivity index (χ3n) is 9.39. The number of pyridine rings is 2. The maximum absolute atomic E-state index is 13.7. The number of nitrogens with zero attached hydrogens (tertiary/aromatic N) is 4. The van der Waals surface area contributed by atoms with Gasteiger partial charge in [0, 0.05) is 48.7 Å². The molecule has 0 unspecified atom stereocenters. The van der Waals surface area contributed by atoms with Crippen LogP contribution in [0.25, 0.3) is 22.3 Å². The topological polar surface area (TPSA) is 32.3 Å². The number of likely N-dealkylation sites (tertiary alicyclic amines) is 2. The normalized spacial score (nSPS) is 18.8. The number of hydrogen-bond donors (Lipinski definition) is 0. The van der Waals surface area contributed by atoms with Gasteiger partial charge in [-0.2, -0.15) is 26.3 Å². The van der Waals surface area contributed by atoms with Crippen molar-refractivity contribution in [3.63, 3.8) is 0 Å². The van der Waals surface area contributed by atoms with E-state index in [1.54, 1.807) is 50.5 Å². The fourth-order valence-corrected chi connectivity index (χ4v) is 7.29. The molecular formula is C36H36Cl2F6MnN4. The Kier molecular flexibility index (Phi) is 12.4. The molecule has 2 aliphatic heterocycles. The minimum absolute atomic E-state index is 0.00694. The van der Waals surface area contributed by atoms with Crippen LogP contribution in [0.15, 0.2) is 73.1 Å². The second-order valence-electron chi connectivity index (χ2n) is 12.5. The van der Waals surface area contributed by atoms with Crippen LogP contribution in [-0.2, 0) is 38.6 Å². The predicted molar refractivity (Wildman–Crippen MR) is 177 cm³/mol. The van der Waals surface area contributed by atoms with Gasteiger partial charge < -0.3 is 0 Å². The van der Waals surface area contributed by atoms with E-state index in [4.69, 9.17) is 20.2 Å². The second-order valence-corrected chi connectivity index (χ2v) is 14.4. The van der Waals surface area contributed by atoms with Crippen LogP contribution in [-0.4, -0.2) is 44.9 Å². The van der Waals surface area contributed by atoms with Gasteiger partial charge in [0.2, 0.25) is 0 Å². The Labute approximate surface area is 297 Å². The van der Waals surface area contributed by atoms with Gasteiger partial charge in [-0.3, -0.25) is 19.8 Å². The zero-order valence-corrected chi connectivity index (χ0v) is 29.6. The summed E-state index contributed by atoms with van der Waals surface area (Å²) in [6, 6.07) is 16.1. The Morgan fingerprint density at radius 1 is 0.653 bits per heavy atom. The molecule has 2 aromatic heterocycles. The summed E-state index contributed by atoms with van der Waals surface area (Å²) in [5, 5.41) is 0. The van der Waals surface area contributed by atoms with Crippen molar-refractivity contribution in [2.75, 3.05) is 13.1 Å². The number of rotatable bonds is 7. The third-order valence-corrected chi connectivity index (χ3v) is 9.39. The molecule has 2 fully saturated rings. The van der Waals surface area contributed by atoms with Crippen molar-refractivity contribution in [1.29, 1.82) is 0 Å². The van der Waals surface area contributed by atoms with Gasteiger partial charge in [0.1, 0.15) is 0 Å². The van der Waals surface area contributed by atoms with Crippen molar-refractivity contribution >= 4 is 20.2 Å². The Balaban J connectivity index is 0.00000151. The van der Waals surface area contributed by atoms with Gasteiger partial charge in [-0.25, -0.2) is 0 Å². The maximum atomic E-state index is 13.7. The SMILES string of the molecule is Cc1cccc(C(F)(F)F)c1-c1ccc(CN2CCC[C@@H]2[C@H]2CCCN2Cc2ccc(-c3c(C)cccc3C(F)(F)F)cn2)nc1.[Cl][Mn][Cl]. The van der Waals surface area contributed by atoms with Crippen molar-refractivity contribution in [2.45, 2.75) is 77.1 Å². The summed E-state index contributed by atoms with van der Waals surface area (Å²) >= 11 is 0.00694. The molecule has 49 heavy (non-hydrogen) atoms. The molecule has 13 heteroatoms. The fourth-order valence-electron chi connectivity index (χ4n) is 7.29. The minimum atomic E-state index is -4.45. The molecule has 2 aromatic carbocycles. The molecule has 4 aromatic rings. The van der Waals surface area contributed by atoms with E-state index in [0.29, 0.717) is 47.4 Å². The van der Waals surface area contributed by atoms with Crippen molar-refractivity contribution in [3.8, 4) is 22.3 Å². The molecule has 4 nitrogen and oxygen atoms in total. The third kappa shape index (κ3) is 8.99. The first-order chi connectivity index (χ1) is 23.3. The van der Waals surface area contributed by atoms with Crippen LogP contribution in [0.5, 0.6) is 0 Å². The number of halogens is 8. The molecule has 0 saturated carbocycles. The molecule has 0 N–H and O–H groups in total. The van der Waals surface area contributed by atoms with Crippen molar-refractivity contribution in [1.82, 2.24) is 19.8 Å². The quantitative estimate of drug-likeness (QED) is 0.139. The van der Waals surface area contributed by atoms with E-state index in [2.05, 4.69) is 19.8 Å².